The van der Waals surface area contributed by atoms with Crippen LogP contribution >= 0.6 is 0 Å². The van der Waals surface area contributed by atoms with E-state index in [4.69, 9.17) is 4.74 Å². The van der Waals surface area contributed by atoms with Crippen LogP contribution in [-0.2, 0) is 25.7 Å². The zero-order valence-corrected chi connectivity index (χ0v) is 15.9. The van der Waals surface area contributed by atoms with Gasteiger partial charge >= 0.3 is 18.2 Å². The highest BCUT2D eigenvalue weighted by atomic mass is 16.6. The van der Waals surface area contributed by atoms with Crippen LogP contribution in [0.5, 0.6) is 0 Å². The van der Waals surface area contributed by atoms with E-state index in [1.165, 1.54) is 0 Å². The molecule has 2 aliphatic rings. The molecule has 29 heavy (non-hydrogen) atoms. The number of ether oxygens (including phenoxy) is 2. The fourth-order valence-electron chi connectivity index (χ4n) is 3.19. The number of nitrogens with zero attached hydrogens (tertiary/aromatic N) is 1. The van der Waals surface area contributed by atoms with Crippen molar-refractivity contribution < 1.29 is 33.8 Å². The van der Waals surface area contributed by atoms with Crippen molar-refractivity contribution in [2.45, 2.75) is 43.9 Å². The van der Waals surface area contributed by atoms with Gasteiger partial charge in [-0.1, -0.05) is 36.4 Å². The molecule has 154 valence electrons. The molecule has 3 amide bonds. The number of likely N-dealkylation sites (tertiary alicyclic amines) is 1. The Balaban J connectivity index is 1.58. The van der Waals surface area contributed by atoms with E-state index in [0.29, 0.717) is 24.2 Å². The van der Waals surface area contributed by atoms with Gasteiger partial charge in [-0.15, -0.1) is 0 Å². The first-order valence-corrected chi connectivity index (χ1v) is 9.17. The number of carbonyl (C=O) groups is 4. The summed E-state index contributed by atoms with van der Waals surface area (Å²) in [5.41, 5.74) is 0.570. The molecule has 3 rings (SSSR count). The Morgan fingerprint density at radius 3 is 2.55 bits per heavy atom. The molecule has 9 nitrogen and oxygen atoms in total. The summed E-state index contributed by atoms with van der Waals surface area (Å²) in [4.78, 5) is 48.2. The summed E-state index contributed by atoms with van der Waals surface area (Å²) in [5, 5.41) is 12.1. The smallest absolute Gasteiger partial charge is 0.417 e. The van der Waals surface area contributed by atoms with E-state index < -0.39 is 35.6 Å². The molecule has 0 spiro atoms. The molecule has 2 fully saturated rings. The molecular formula is C20H22N2O7. The third-order valence-corrected chi connectivity index (χ3v) is 5.05. The lowest BCUT2D eigenvalue weighted by Gasteiger charge is -2.17. The van der Waals surface area contributed by atoms with Crippen molar-refractivity contribution in [1.29, 1.82) is 0 Å². The summed E-state index contributed by atoms with van der Waals surface area (Å²) in [7, 11) is 1.08. The number of imide groups is 1. The first-order chi connectivity index (χ1) is 13.8. The van der Waals surface area contributed by atoms with Crippen molar-refractivity contribution in [3.8, 4) is 0 Å². The number of benzene rings is 1. The quantitative estimate of drug-likeness (QED) is 0.700. The Labute approximate surface area is 167 Å². The summed E-state index contributed by atoms with van der Waals surface area (Å²) in [5.74, 6) is -1.97. The van der Waals surface area contributed by atoms with Crippen LogP contribution in [0.1, 0.15) is 31.2 Å². The number of carbonyl (C=O) groups excluding carboxylic acids is 3. The molecule has 1 aliphatic heterocycles. The lowest BCUT2D eigenvalue weighted by atomic mass is 10.1. The lowest BCUT2D eigenvalue weighted by molar-refractivity contribution is -0.144. The number of nitrogens with one attached hydrogen (secondary N) is 1. The number of carboxylic acid groups (broad SMARTS) is 1. The first-order valence-electron chi connectivity index (χ1n) is 9.17. The van der Waals surface area contributed by atoms with Gasteiger partial charge in [0.1, 0.15) is 12.6 Å². The number of methoxy groups -OCH3 is 1. The number of alkyl carbamates (subject to hydrolysis) is 1. The van der Waals surface area contributed by atoms with Crippen LogP contribution in [0.3, 0.4) is 0 Å². The van der Waals surface area contributed by atoms with Gasteiger partial charge in [0.2, 0.25) is 0 Å². The van der Waals surface area contributed by atoms with Gasteiger partial charge < -0.3 is 19.9 Å². The van der Waals surface area contributed by atoms with Crippen LogP contribution in [0.15, 0.2) is 42.0 Å². The van der Waals surface area contributed by atoms with Gasteiger partial charge in [0.25, 0.3) is 5.91 Å². The first kappa shape index (κ1) is 20.4. The maximum Gasteiger partial charge on any atom is 0.417 e. The predicted molar refractivity (Wildman–Crippen MR) is 99.7 cm³/mol. The monoisotopic (exact) mass is 402 g/mol. The highest BCUT2D eigenvalue weighted by Crippen LogP contribution is 2.40. The van der Waals surface area contributed by atoms with E-state index >= 15 is 0 Å². The van der Waals surface area contributed by atoms with E-state index in [-0.39, 0.29) is 18.6 Å². The fourth-order valence-corrected chi connectivity index (χ4v) is 3.19. The van der Waals surface area contributed by atoms with Gasteiger partial charge in [-0.2, -0.15) is 0 Å². The molecule has 0 radical (unpaired) electrons. The number of amides is 3. The van der Waals surface area contributed by atoms with Crippen LogP contribution < -0.4 is 5.32 Å². The molecule has 0 aromatic heterocycles. The van der Waals surface area contributed by atoms with E-state index in [1.807, 2.05) is 30.3 Å². The maximum absolute atomic E-state index is 12.4. The van der Waals surface area contributed by atoms with Crippen molar-refractivity contribution in [3.05, 3.63) is 47.5 Å². The van der Waals surface area contributed by atoms with Crippen molar-refractivity contribution in [2.24, 2.45) is 0 Å². The van der Waals surface area contributed by atoms with Crippen LogP contribution in [0, 0.1) is 0 Å². The minimum absolute atomic E-state index is 0.0994. The largest absolute Gasteiger partial charge is 0.480 e. The number of hydrogen-bond donors (Lipinski definition) is 2. The third-order valence-electron chi connectivity index (χ3n) is 5.05. The van der Waals surface area contributed by atoms with Gasteiger partial charge in [0.05, 0.1) is 7.11 Å². The second-order valence-corrected chi connectivity index (χ2v) is 7.10. The number of rotatable bonds is 6. The topological polar surface area (TPSA) is 122 Å². The molecule has 1 heterocycles. The zero-order valence-electron chi connectivity index (χ0n) is 15.9. The molecule has 9 heteroatoms. The molecule has 1 aromatic rings. The highest BCUT2D eigenvalue weighted by Gasteiger charge is 2.47. The summed E-state index contributed by atoms with van der Waals surface area (Å²) in [6, 6.07) is 7.99. The average molecular weight is 402 g/mol. The Hall–Kier alpha value is -3.36. The fraction of sp³-hybridized carbons (Fsp3) is 0.400. The standard InChI is InChI=1S/C20H22N2O7/c1-28-19(27)22-15(17(24)25)11-14(16(22)23)7-8-20(9-10-20)21-18(26)29-12-13-5-3-2-4-6-13/h2-7,15H,8-12H2,1H3,(H,21,26)(H,24,25)/b14-7+/t15-/m0/s1. The summed E-state index contributed by atoms with van der Waals surface area (Å²) in [6.07, 6.45) is 1.71. The maximum atomic E-state index is 12.4. The van der Waals surface area contributed by atoms with Gasteiger partial charge in [0.15, 0.2) is 0 Å². The summed E-state index contributed by atoms with van der Waals surface area (Å²) < 4.78 is 9.73. The number of carboxylic acids is 1. The van der Waals surface area contributed by atoms with Crippen LogP contribution in [0.25, 0.3) is 0 Å². The van der Waals surface area contributed by atoms with E-state index in [1.54, 1.807) is 6.08 Å². The van der Waals surface area contributed by atoms with Gasteiger partial charge in [0, 0.05) is 17.5 Å². The predicted octanol–water partition coefficient (Wildman–Crippen LogP) is 2.21. The van der Waals surface area contributed by atoms with E-state index in [0.717, 1.165) is 12.7 Å². The Bertz CT molecular complexity index is 846. The van der Waals surface area contributed by atoms with Crippen molar-refractivity contribution >= 4 is 24.1 Å². The van der Waals surface area contributed by atoms with Crippen molar-refractivity contribution in [1.82, 2.24) is 10.2 Å². The minimum Gasteiger partial charge on any atom is -0.480 e. The summed E-state index contributed by atoms with van der Waals surface area (Å²) >= 11 is 0. The van der Waals surface area contributed by atoms with Crippen LogP contribution in [0.4, 0.5) is 9.59 Å². The number of aliphatic carboxylic acids is 1. The van der Waals surface area contributed by atoms with Crippen molar-refractivity contribution in [2.75, 3.05) is 7.11 Å². The van der Waals surface area contributed by atoms with Gasteiger partial charge in [-0.05, 0) is 24.8 Å². The zero-order chi connectivity index (χ0) is 21.0. The van der Waals surface area contributed by atoms with E-state index in [2.05, 4.69) is 10.1 Å². The van der Waals surface area contributed by atoms with Gasteiger partial charge in [-0.3, -0.25) is 4.79 Å². The molecule has 1 atom stereocenters. The Kier molecular flexibility index (Phi) is 5.86. The average Bonchev–Trinajstić information content (AvgIpc) is 3.39. The van der Waals surface area contributed by atoms with E-state index in [9.17, 15) is 24.3 Å². The molecular weight excluding hydrogens is 380 g/mol. The lowest BCUT2D eigenvalue weighted by Crippen LogP contribution is -2.42. The normalized spacial score (nSPS) is 21.0. The molecule has 1 saturated carbocycles. The van der Waals surface area contributed by atoms with Gasteiger partial charge in [-0.25, -0.2) is 19.3 Å². The molecule has 2 N–H and O–H groups in total. The van der Waals surface area contributed by atoms with Crippen LogP contribution in [0.2, 0.25) is 0 Å². The second kappa shape index (κ2) is 8.34. The third kappa shape index (κ3) is 4.74. The molecule has 0 unspecified atom stereocenters. The number of hydrogen-bond acceptors (Lipinski definition) is 6. The molecule has 0 bridgehead atoms. The molecule has 1 aromatic carbocycles. The Morgan fingerprint density at radius 2 is 1.97 bits per heavy atom. The van der Waals surface area contributed by atoms with Crippen LogP contribution in [-0.4, -0.2) is 52.8 Å². The molecule has 1 saturated heterocycles. The Morgan fingerprint density at radius 1 is 1.28 bits per heavy atom. The highest BCUT2D eigenvalue weighted by molar-refractivity contribution is 6.08. The second-order valence-electron chi connectivity index (χ2n) is 7.10. The summed E-state index contributed by atoms with van der Waals surface area (Å²) in [6.45, 7) is 0.150. The molecule has 1 aliphatic carbocycles. The minimum atomic E-state index is -1.29. The van der Waals surface area contributed by atoms with Crippen molar-refractivity contribution in [3.63, 3.8) is 0 Å². The SMILES string of the molecule is COC(=O)N1C(=O)/C(=C/CC2(NC(=O)OCc3ccccc3)CC2)C[C@H]1C(=O)O.